The van der Waals surface area contributed by atoms with Crippen LogP contribution >= 0.6 is 0 Å². The summed E-state index contributed by atoms with van der Waals surface area (Å²) in [6.07, 6.45) is 2.09. The Bertz CT molecular complexity index is 302. The van der Waals surface area contributed by atoms with Crippen molar-refractivity contribution in [2.45, 2.75) is 26.3 Å². The lowest BCUT2D eigenvalue weighted by atomic mass is 10.2. The Morgan fingerprint density at radius 1 is 1.24 bits per heavy atom. The summed E-state index contributed by atoms with van der Waals surface area (Å²) in [4.78, 5) is 0. The number of ether oxygens (including phenoxy) is 2. The van der Waals surface area contributed by atoms with Crippen molar-refractivity contribution in [3.05, 3.63) is 29.8 Å². The Kier molecular flexibility index (Phi) is 7.43. The van der Waals surface area contributed by atoms with Crippen LogP contribution in [0.2, 0.25) is 0 Å². The van der Waals surface area contributed by atoms with Crippen LogP contribution in [0.15, 0.2) is 24.3 Å². The first-order chi connectivity index (χ1) is 8.36. The Balaban J connectivity index is 2.27. The fourth-order valence-corrected chi connectivity index (χ4v) is 1.54. The lowest BCUT2D eigenvalue weighted by molar-refractivity contribution is 0.194. The van der Waals surface area contributed by atoms with Crippen molar-refractivity contribution in [1.82, 2.24) is 5.32 Å². The van der Waals surface area contributed by atoms with Gasteiger partial charge in [0.25, 0.3) is 0 Å². The maximum Gasteiger partial charge on any atom is 0.119 e. The Labute approximate surface area is 104 Å². The quantitative estimate of drug-likeness (QED) is 0.670. The average molecular weight is 237 g/mol. The molecule has 0 bridgehead atoms. The number of rotatable bonds is 9. The molecule has 0 heterocycles. The van der Waals surface area contributed by atoms with Crippen LogP contribution in [-0.2, 0) is 11.3 Å². The monoisotopic (exact) mass is 237 g/mol. The third kappa shape index (κ3) is 6.29. The van der Waals surface area contributed by atoms with Crippen LogP contribution in [0.25, 0.3) is 0 Å². The van der Waals surface area contributed by atoms with Gasteiger partial charge in [-0.1, -0.05) is 19.1 Å². The molecule has 0 saturated carbocycles. The highest BCUT2D eigenvalue weighted by atomic mass is 16.5. The van der Waals surface area contributed by atoms with E-state index < -0.39 is 0 Å². The van der Waals surface area contributed by atoms with Crippen molar-refractivity contribution in [2.75, 3.05) is 26.9 Å². The normalized spacial score (nSPS) is 10.5. The van der Waals surface area contributed by atoms with E-state index >= 15 is 0 Å². The molecule has 1 aromatic rings. The molecule has 1 aromatic carbocycles. The minimum absolute atomic E-state index is 0.782. The summed E-state index contributed by atoms with van der Waals surface area (Å²) >= 11 is 0. The summed E-state index contributed by atoms with van der Waals surface area (Å²) in [7, 11) is 1.73. The zero-order valence-corrected chi connectivity index (χ0v) is 10.9. The van der Waals surface area contributed by atoms with Gasteiger partial charge in [0.2, 0.25) is 0 Å². The van der Waals surface area contributed by atoms with Gasteiger partial charge in [-0.15, -0.1) is 0 Å². The predicted molar refractivity (Wildman–Crippen MR) is 70.4 cm³/mol. The van der Waals surface area contributed by atoms with Gasteiger partial charge in [-0.3, -0.25) is 0 Å². The Morgan fingerprint density at radius 2 is 2.12 bits per heavy atom. The van der Waals surface area contributed by atoms with Crippen molar-refractivity contribution < 1.29 is 9.47 Å². The van der Waals surface area contributed by atoms with Gasteiger partial charge in [-0.2, -0.15) is 0 Å². The van der Waals surface area contributed by atoms with Gasteiger partial charge in [0.15, 0.2) is 0 Å². The molecular weight excluding hydrogens is 214 g/mol. The lowest BCUT2D eigenvalue weighted by Crippen LogP contribution is -2.16. The molecule has 0 amide bonds. The first-order valence-corrected chi connectivity index (χ1v) is 6.28. The number of methoxy groups -OCH3 is 1. The molecule has 0 unspecified atom stereocenters. The molecule has 0 spiro atoms. The molecule has 3 nitrogen and oxygen atoms in total. The highest BCUT2D eigenvalue weighted by Gasteiger charge is 1.96. The Hall–Kier alpha value is -1.06. The summed E-state index contributed by atoms with van der Waals surface area (Å²) in [5.74, 6) is 0.961. The summed E-state index contributed by atoms with van der Waals surface area (Å²) in [6.45, 7) is 5.57. The van der Waals surface area contributed by atoms with Gasteiger partial charge in [0, 0.05) is 20.3 Å². The second-order valence-corrected chi connectivity index (χ2v) is 4.02. The number of benzene rings is 1. The zero-order chi connectivity index (χ0) is 12.3. The number of nitrogens with one attached hydrogen (secondary N) is 1. The topological polar surface area (TPSA) is 30.5 Å². The third-order valence-electron chi connectivity index (χ3n) is 2.40. The second kappa shape index (κ2) is 9.02. The van der Waals surface area contributed by atoms with Gasteiger partial charge < -0.3 is 14.8 Å². The van der Waals surface area contributed by atoms with E-state index in [0.29, 0.717) is 0 Å². The molecule has 96 valence electrons. The minimum atomic E-state index is 0.782. The van der Waals surface area contributed by atoms with Gasteiger partial charge >= 0.3 is 0 Å². The first-order valence-electron chi connectivity index (χ1n) is 6.28. The maximum atomic E-state index is 5.59. The van der Waals surface area contributed by atoms with Crippen molar-refractivity contribution in [1.29, 1.82) is 0 Å². The molecule has 0 aliphatic heterocycles. The SMILES string of the molecule is CCCOc1cccc(CNCCCOC)c1. The molecule has 0 fully saturated rings. The van der Waals surface area contributed by atoms with E-state index in [2.05, 4.69) is 24.4 Å². The number of hydrogen-bond donors (Lipinski definition) is 1. The van der Waals surface area contributed by atoms with Gasteiger partial charge in [-0.05, 0) is 37.1 Å². The predicted octanol–water partition coefficient (Wildman–Crippen LogP) is 2.60. The number of hydrogen-bond acceptors (Lipinski definition) is 3. The van der Waals surface area contributed by atoms with Crippen LogP contribution in [0.5, 0.6) is 5.75 Å². The largest absolute Gasteiger partial charge is 0.494 e. The van der Waals surface area contributed by atoms with Gasteiger partial charge in [-0.25, -0.2) is 0 Å². The van der Waals surface area contributed by atoms with E-state index in [-0.39, 0.29) is 0 Å². The molecule has 1 N–H and O–H groups in total. The standard InChI is InChI=1S/C14H23NO2/c1-3-9-17-14-7-4-6-13(11-14)12-15-8-5-10-16-2/h4,6-7,11,15H,3,5,8-10,12H2,1-2H3. The zero-order valence-electron chi connectivity index (χ0n) is 10.9. The molecule has 0 aliphatic rings. The molecule has 0 atom stereocenters. The molecular formula is C14H23NO2. The minimum Gasteiger partial charge on any atom is -0.494 e. The highest BCUT2D eigenvalue weighted by Crippen LogP contribution is 2.13. The van der Waals surface area contributed by atoms with E-state index in [1.807, 2.05) is 12.1 Å². The van der Waals surface area contributed by atoms with E-state index in [1.54, 1.807) is 7.11 Å². The molecule has 1 rings (SSSR count). The van der Waals surface area contributed by atoms with E-state index in [1.165, 1.54) is 5.56 Å². The van der Waals surface area contributed by atoms with Gasteiger partial charge in [0.1, 0.15) is 5.75 Å². The summed E-state index contributed by atoms with van der Waals surface area (Å²) in [6, 6.07) is 8.25. The molecule has 3 heteroatoms. The van der Waals surface area contributed by atoms with Crippen molar-refractivity contribution in [2.24, 2.45) is 0 Å². The molecule has 0 radical (unpaired) electrons. The summed E-state index contributed by atoms with van der Waals surface area (Å²) in [5, 5.41) is 3.38. The van der Waals surface area contributed by atoms with Crippen molar-refractivity contribution in [3.8, 4) is 5.75 Å². The maximum absolute atomic E-state index is 5.59. The van der Waals surface area contributed by atoms with E-state index in [0.717, 1.165) is 44.9 Å². The van der Waals surface area contributed by atoms with E-state index in [9.17, 15) is 0 Å². The van der Waals surface area contributed by atoms with Crippen molar-refractivity contribution in [3.63, 3.8) is 0 Å². The van der Waals surface area contributed by atoms with Crippen LogP contribution in [0.3, 0.4) is 0 Å². The third-order valence-corrected chi connectivity index (χ3v) is 2.40. The fraction of sp³-hybridized carbons (Fsp3) is 0.571. The lowest BCUT2D eigenvalue weighted by Gasteiger charge is -2.08. The van der Waals surface area contributed by atoms with Crippen molar-refractivity contribution >= 4 is 0 Å². The summed E-state index contributed by atoms with van der Waals surface area (Å²) < 4.78 is 10.6. The first kappa shape index (κ1) is 14.0. The second-order valence-electron chi connectivity index (χ2n) is 4.02. The van der Waals surface area contributed by atoms with Gasteiger partial charge in [0.05, 0.1) is 6.61 Å². The van der Waals surface area contributed by atoms with Crippen LogP contribution < -0.4 is 10.1 Å². The summed E-state index contributed by atoms with van der Waals surface area (Å²) in [5.41, 5.74) is 1.26. The highest BCUT2D eigenvalue weighted by molar-refractivity contribution is 5.28. The smallest absolute Gasteiger partial charge is 0.119 e. The molecule has 0 saturated heterocycles. The Morgan fingerprint density at radius 3 is 2.88 bits per heavy atom. The van der Waals surface area contributed by atoms with Crippen LogP contribution in [-0.4, -0.2) is 26.9 Å². The fourth-order valence-electron chi connectivity index (χ4n) is 1.54. The van der Waals surface area contributed by atoms with Crippen LogP contribution in [0.4, 0.5) is 0 Å². The molecule has 17 heavy (non-hydrogen) atoms. The van der Waals surface area contributed by atoms with Crippen LogP contribution in [0, 0.1) is 0 Å². The molecule has 0 aliphatic carbocycles. The van der Waals surface area contributed by atoms with E-state index in [4.69, 9.17) is 9.47 Å². The van der Waals surface area contributed by atoms with Crippen LogP contribution in [0.1, 0.15) is 25.3 Å². The molecule has 0 aromatic heterocycles. The average Bonchev–Trinajstić information content (AvgIpc) is 2.37.